The first-order valence-corrected chi connectivity index (χ1v) is 6.78. The number of aryl methyl sites for hydroxylation is 1. The van der Waals surface area contributed by atoms with Crippen LogP contribution >= 0.6 is 39.1 Å². The topological polar surface area (TPSA) is 54.9 Å². The van der Waals surface area contributed by atoms with Crippen LogP contribution in [0.4, 0.5) is 5.69 Å². The molecule has 0 fully saturated rings. The van der Waals surface area contributed by atoms with Gasteiger partial charge in [0.25, 0.3) is 5.91 Å². The molecule has 0 spiro atoms. The molecule has 0 unspecified atom stereocenters. The van der Waals surface area contributed by atoms with E-state index >= 15 is 0 Å². The van der Waals surface area contributed by atoms with Gasteiger partial charge in [-0.15, -0.1) is 10.2 Å². The first kappa shape index (κ1) is 14.2. The lowest BCUT2D eigenvalue weighted by molar-refractivity contribution is 0.102. The second kappa shape index (κ2) is 5.86. The van der Waals surface area contributed by atoms with Crippen LogP contribution < -0.4 is 5.32 Å². The highest BCUT2D eigenvalue weighted by atomic mass is 79.9. The zero-order chi connectivity index (χ0) is 14.0. The van der Waals surface area contributed by atoms with Crippen LogP contribution in [-0.4, -0.2) is 16.1 Å². The predicted octanol–water partition coefficient (Wildman–Crippen LogP) is 4.11. The number of halogens is 3. The molecule has 0 saturated heterocycles. The molecule has 19 heavy (non-hydrogen) atoms. The van der Waals surface area contributed by atoms with Crippen LogP contribution in [0.15, 0.2) is 28.7 Å². The Morgan fingerprint density at radius 3 is 2.68 bits per heavy atom. The Hall–Kier alpha value is -1.17. The van der Waals surface area contributed by atoms with Crippen molar-refractivity contribution in [3.8, 4) is 0 Å². The van der Waals surface area contributed by atoms with Crippen molar-refractivity contribution in [2.24, 2.45) is 0 Å². The third kappa shape index (κ3) is 3.43. The molecule has 0 radical (unpaired) electrons. The number of amides is 1. The lowest BCUT2D eigenvalue weighted by Gasteiger charge is -2.07. The zero-order valence-corrected chi connectivity index (χ0v) is 12.8. The van der Waals surface area contributed by atoms with E-state index in [1.807, 2.05) is 19.1 Å². The van der Waals surface area contributed by atoms with Gasteiger partial charge in [0.2, 0.25) is 0 Å². The summed E-state index contributed by atoms with van der Waals surface area (Å²) in [5, 5.41) is 9.99. The van der Waals surface area contributed by atoms with Crippen LogP contribution in [0.25, 0.3) is 0 Å². The quantitative estimate of drug-likeness (QED) is 0.876. The van der Waals surface area contributed by atoms with Crippen LogP contribution in [0.3, 0.4) is 0 Å². The molecule has 1 N–H and O–H groups in total. The van der Waals surface area contributed by atoms with Gasteiger partial charge in [-0.3, -0.25) is 4.79 Å². The third-order valence-electron chi connectivity index (χ3n) is 2.38. The molecule has 0 aliphatic carbocycles. The van der Waals surface area contributed by atoms with Crippen molar-refractivity contribution >= 4 is 50.7 Å². The molecule has 2 rings (SSSR count). The Balaban J connectivity index is 2.25. The molecule has 0 atom stereocenters. The van der Waals surface area contributed by atoms with Gasteiger partial charge >= 0.3 is 0 Å². The molecule has 4 nitrogen and oxygen atoms in total. The number of hydrogen-bond acceptors (Lipinski definition) is 3. The van der Waals surface area contributed by atoms with E-state index in [0.717, 1.165) is 10.0 Å². The molecule has 7 heteroatoms. The van der Waals surface area contributed by atoms with Gasteiger partial charge in [-0.2, -0.15) is 0 Å². The highest BCUT2D eigenvalue weighted by molar-refractivity contribution is 9.10. The van der Waals surface area contributed by atoms with Crippen LogP contribution in [0.1, 0.15) is 15.9 Å². The summed E-state index contributed by atoms with van der Waals surface area (Å²) in [5.74, 6) is -0.386. The van der Waals surface area contributed by atoms with E-state index in [1.54, 1.807) is 6.07 Å². The van der Waals surface area contributed by atoms with Crippen LogP contribution in [0, 0.1) is 6.92 Å². The smallest absolute Gasteiger partial charge is 0.258 e. The summed E-state index contributed by atoms with van der Waals surface area (Å²) in [5.41, 5.74) is 1.85. The zero-order valence-electron chi connectivity index (χ0n) is 9.75. The Labute approximate surface area is 128 Å². The maximum absolute atomic E-state index is 12.0. The standard InChI is InChI=1S/C12H8BrCl2N3O/c1-6-4-7(2-3-9(6)13)16-12(19)8-5-10(14)17-18-11(8)15/h2-5H,1H3,(H,16,19). The fraction of sp³-hybridized carbons (Fsp3) is 0.0833. The minimum absolute atomic E-state index is 0.00994. The molecule has 0 bridgehead atoms. The number of nitrogens with one attached hydrogen (secondary N) is 1. The number of carbonyl (C=O) groups is 1. The van der Waals surface area contributed by atoms with Crippen molar-refractivity contribution < 1.29 is 4.79 Å². The first-order chi connectivity index (χ1) is 8.97. The molecule has 2 aromatic rings. The average molecular weight is 361 g/mol. The Bertz CT molecular complexity index is 649. The number of rotatable bonds is 2. The number of benzene rings is 1. The summed E-state index contributed by atoms with van der Waals surface area (Å²) in [4.78, 5) is 12.0. The first-order valence-electron chi connectivity index (χ1n) is 5.23. The Morgan fingerprint density at radius 2 is 2.00 bits per heavy atom. The Kier molecular flexibility index (Phi) is 4.39. The second-order valence-corrected chi connectivity index (χ2v) is 5.39. The largest absolute Gasteiger partial charge is 0.322 e. The molecular weight excluding hydrogens is 353 g/mol. The highest BCUT2D eigenvalue weighted by Crippen LogP contribution is 2.22. The maximum atomic E-state index is 12.0. The van der Waals surface area contributed by atoms with Gasteiger partial charge in [-0.1, -0.05) is 39.1 Å². The van der Waals surface area contributed by atoms with E-state index in [1.165, 1.54) is 6.07 Å². The lowest BCUT2D eigenvalue weighted by Crippen LogP contribution is -2.13. The van der Waals surface area contributed by atoms with Gasteiger partial charge in [0.05, 0.1) is 5.56 Å². The van der Waals surface area contributed by atoms with E-state index in [9.17, 15) is 4.79 Å². The van der Waals surface area contributed by atoms with E-state index in [-0.39, 0.29) is 21.8 Å². The monoisotopic (exact) mass is 359 g/mol. The fourth-order valence-corrected chi connectivity index (χ4v) is 2.00. The minimum Gasteiger partial charge on any atom is -0.322 e. The predicted molar refractivity (Wildman–Crippen MR) is 78.9 cm³/mol. The van der Waals surface area contributed by atoms with Crippen molar-refractivity contribution in [2.75, 3.05) is 5.32 Å². The number of anilines is 1. The summed E-state index contributed by atoms with van der Waals surface area (Å²) < 4.78 is 0.970. The van der Waals surface area contributed by atoms with Gasteiger partial charge in [0, 0.05) is 10.2 Å². The number of nitrogens with zero attached hydrogens (tertiary/aromatic N) is 2. The molecule has 1 amide bonds. The van der Waals surface area contributed by atoms with Gasteiger partial charge in [0.1, 0.15) is 0 Å². The van der Waals surface area contributed by atoms with Crippen LogP contribution in [0.2, 0.25) is 10.3 Å². The van der Waals surface area contributed by atoms with Gasteiger partial charge in [0.15, 0.2) is 10.3 Å². The highest BCUT2D eigenvalue weighted by Gasteiger charge is 2.13. The van der Waals surface area contributed by atoms with Gasteiger partial charge < -0.3 is 5.32 Å². The van der Waals surface area contributed by atoms with Crippen molar-refractivity contribution in [3.63, 3.8) is 0 Å². The summed E-state index contributed by atoms with van der Waals surface area (Å²) in [6.07, 6.45) is 0. The second-order valence-electron chi connectivity index (χ2n) is 3.79. The third-order valence-corrected chi connectivity index (χ3v) is 3.73. The number of aromatic nitrogens is 2. The maximum Gasteiger partial charge on any atom is 0.258 e. The van der Waals surface area contributed by atoms with E-state index in [2.05, 4.69) is 31.4 Å². The SMILES string of the molecule is Cc1cc(NC(=O)c2cc(Cl)nnc2Cl)ccc1Br. The van der Waals surface area contributed by atoms with Crippen molar-refractivity contribution in [2.45, 2.75) is 6.92 Å². The Morgan fingerprint density at radius 1 is 1.26 bits per heavy atom. The van der Waals surface area contributed by atoms with Crippen molar-refractivity contribution in [3.05, 3.63) is 50.2 Å². The lowest BCUT2D eigenvalue weighted by atomic mass is 10.2. The molecule has 1 aromatic heterocycles. The van der Waals surface area contributed by atoms with Crippen molar-refractivity contribution in [1.82, 2.24) is 10.2 Å². The van der Waals surface area contributed by atoms with Crippen LogP contribution in [-0.2, 0) is 0 Å². The fourth-order valence-electron chi connectivity index (χ4n) is 1.43. The van der Waals surface area contributed by atoms with Gasteiger partial charge in [-0.05, 0) is 36.8 Å². The number of hydrogen-bond donors (Lipinski definition) is 1. The normalized spacial score (nSPS) is 10.3. The molecule has 1 aromatic carbocycles. The molecule has 0 aliphatic rings. The molecular formula is C12H8BrCl2N3O. The van der Waals surface area contributed by atoms with E-state index in [4.69, 9.17) is 23.2 Å². The van der Waals surface area contributed by atoms with Gasteiger partial charge in [-0.25, -0.2) is 0 Å². The van der Waals surface area contributed by atoms with E-state index in [0.29, 0.717) is 5.69 Å². The van der Waals surface area contributed by atoms with Crippen molar-refractivity contribution in [1.29, 1.82) is 0 Å². The molecule has 0 saturated carbocycles. The average Bonchev–Trinajstić information content (AvgIpc) is 2.36. The number of carbonyl (C=O) groups excluding carboxylic acids is 1. The summed E-state index contributed by atoms with van der Waals surface area (Å²) >= 11 is 14.9. The van der Waals surface area contributed by atoms with Crippen LogP contribution in [0.5, 0.6) is 0 Å². The summed E-state index contributed by atoms with van der Waals surface area (Å²) in [6.45, 7) is 1.93. The van der Waals surface area contributed by atoms with E-state index < -0.39 is 0 Å². The molecule has 0 aliphatic heterocycles. The summed E-state index contributed by atoms with van der Waals surface area (Å²) in [6, 6.07) is 6.84. The molecule has 98 valence electrons. The molecule has 1 heterocycles. The summed E-state index contributed by atoms with van der Waals surface area (Å²) in [7, 11) is 0. The minimum atomic E-state index is -0.386.